The van der Waals surface area contributed by atoms with Crippen LogP contribution < -0.4 is 4.74 Å². The van der Waals surface area contributed by atoms with Gasteiger partial charge in [0.1, 0.15) is 5.75 Å². The Morgan fingerprint density at radius 2 is 1.96 bits per heavy atom. The molecule has 0 saturated heterocycles. The number of benzene rings is 1. The molecular weight excluding hydrogens is 377 g/mol. The second-order valence-electron chi connectivity index (χ2n) is 5.62. The van der Waals surface area contributed by atoms with Crippen molar-refractivity contribution < 1.29 is 19.5 Å². The van der Waals surface area contributed by atoms with E-state index in [1.807, 2.05) is 37.3 Å². The molecule has 0 radical (unpaired) electrons. The maximum absolute atomic E-state index is 12.7. The van der Waals surface area contributed by atoms with Gasteiger partial charge in [0.15, 0.2) is 5.75 Å². The summed E-state index contributed by atoms with van der Waals surface area (Å²) in [4.78, 5) is 11.9. The third-order valence-corrected chi connectivity index (χ3v) is 5.02. The van der Waals surface area contributed by atoms with Crippen molar-refractivity contribution in [2.24, 2.45) is 0 Å². The first-order valence-electron chi connectivity index (χ1n) is 8.08. The van der Waals surface area contributed by atoms with Gasteiger partial charge in [-0.05, 0) is 25.1 Å². The second-order valence-corrected chi connectivity index (χ2v) is 6.99. The molecule has 2 heterocycles. The number of aromatic nitrogens is 3. The summed E-state index contributed by atoms with van der Waals surface area (Å²) >= 11 is -1.30. The topological polar surface area (TPSA) is 115 Å². The van der Waals surface area contributed by atoms with E-state index in [0.29, 0.717) is 24.1 Å². The molecule has 0 aliphatic heterocycles. The van der Waals surface area contributed by atoms with Gasteiger partial charge in [0, 0.05) is 43.1 Å². The fourth-order valence-corrected chi connectivity index (χ4v) is 3.58. The molecule has 1 unspecified atom stereocenters. The Bertz CT molecular complexity index is 813. The molecule has 0 spiro atoms. The number of nitrogens with one attached hydrogen (secondary N) is 1. The van der Waals surface area contributed by atoms with Gasteiger partial charge in [-0.25, -0.2) is 0 Å². The number of para-hydroxylation sites is 2. The maximum atomic E-state index is 12.7. The van der Waals surface area contributed by atoms with Crippen LogP contribution in [0.2, 0.25) is 0 Å². The van der Waals surface area contributed by atoms with E-state index < -0.39 is 11.2 Å². The standard InChI is InChI=1S/C18H21N3O3S.Na.H2O.H/c1-13-16(19-9-8-17(13)24-11-5-10-23-2)12-25(22)18-20-14-6-3-4-7-15(14)21-18;;;/h3-4,6-9H,5,10-12H2,1-2H3,(H,20,21);;1H2;. The number of methoxy groups -OCH3 is 1. The van der Waals surface area contributed by atoms with Gasteiger partial charge in [-0.3, -0.25) is 9.97 Å². The van der Waals surface area contributed by atoms with Gasteiger partial charge in [-0.1, -0.05) is 12.1 Å². The van der Waals surface area contributed by atoms with Gasteiger partial charge in [0.25, 0.3) is 0 Å². The van der Waals surface area contributed by atoms with Gasteiger partial charge in [-0.15, -0.1) is 0 Å². The van der Waals surface area contributed by atoms with Crippen molar-refractivity contribution in [2.75, 3.05) is 20.3 Å². The summed E-state index contributed by atoms with van der Waals surface area (Å²) in [6.45, 7) is 3.17. The fourth-order valence-electron chi connectivity index (χ4n) is 2.48. The molecule has 1 atom stereocenters. The monoisotopic (exact) mass is 401 g/mol. The number of imidazole rings is 1. The van der Waals surface area contributed by atoms with Gasteiger partial charge in [-0.2, -0.15) is 4.98 Å². The quantitative estimate of drug-likeness (QED) is 0.349. The molecule has 9 heteroatoms. The summed E-state index contributed by atoms with van der Waals surface area (Å²) in [7, 11) is 1.67. The summed E-state index contributed by atoms with van der Waals surface area (Å²) in [6, 6.07) is 9.47. The molecule has 3 rings (SSSR count). The Morgan fingerprint density at radius 3 is 2.70 bits per heavy atom. The van der Waals surface area contributed by atoms with Crippen molar-refractivity contribution in [1.82, 2.24) is 15.0 Å². The number of pyridine rings is 1. The van der Waals surface area contributed by atoms with Gasteiger partial charge in [0.05, 0.1) is 23.3 Å². The summed E-state index contributed by atoms with van der Waals surface area (Å²) in [6.07, 6.45) is 2.50. The number of hydrogen-bond acceptors (Lipinski definition) is 5. The first-order valence-corrected chi connectivity index (χ1v) is 9.40. The Balaban J connectivity index is 0.00000182. The molecule has 0 saturated carbocycles. The van der Waals surface area contributed by atoms with E-state index in [-0.39, 0.29) is 35.0 Å². The summed E-state index contributed by atoms with van der Waals surface area (Å²) in [5, 5.41) is 0.466. The minimum atomic E-state index is -1.30. The molecular formula is C18H24N3NaO4S. The summed E-state index contributed by atoms with van der Waals surface area (Å²) < 4.78 is 23.5. The Hall–Kier alpha value is -1.13. The van der Waals surface area contributed by atoms with Crippen molar-refractivity contribution in [3.8, 4) is 5.75 Å². The van der Waals surface area contributed by atoms with E-state index >= 15 is 0 Å². The molecule has 3 aromatic rings. The number of H-pyrrole nitrogens is 1. The van der Waals surface area contributed by atoms with E-state index in [1.54, 1.807) is 13.3 Å². The second kappa shape index (κ2) is 11.7. The molecule has 0 bridgehead atoms. The molecule has 3 N–H and O–H groups in total. The number of rotatable bonds is 8. The van der Waals surface area contributed by atoms with Crippen molar-refractivity contribution in [3.63, 3.8) is 0 Å². The van der Waals surface area contributed by atoms with Crippen LogP contribution in [0.3, 0.4) is 0 Å². The van der Waals surface area contributed by atoms with Crippen LogP contribution in [0.1, 0.15) is 17.7 Å². The van der Waals surface area contributed by atoms with Crippen LogP contribution in [0.5, 0.6) is 5.75 Å². The van der Waals surface area contributed by atoms with Crippen LogP contribution in [0.4, 0.5) is 0 Å². The van der Waals surface area contributed by atoms with Crippen molar-refractivity contribution >= 4 is 51.8 Å². The van der Waals surface area contributed by atoms with Crippen LogP contribution >= 0.6 is 0 Å². The number of fused-ring (bicyclic) bond motifs is 1. The van der Waals surface area contributed by atoms with Crippen molar-refractivity contribution in [1.29, 1.82) is 0 Å². The van der Waals surface area contributed by atoms with Crippen LogP contribution in [-0.4, -0.2) is 74.9 Å². The molecule has 0 amide bonds. The number of ether oxygens (including phenoxy) is 2. The van der Waals surface area contributed by atoms with E-state index in [0.717, 1.165) is 34.5 Å². The zero-order valence-electron chi connectivity index (χ0n) is 14.8. The first-order chi connectivity index (χ1) is 12.2. The molecule has 7 nitrogen and oxygen atoms in total. The van der Waals surface area contributed by atoms with E-state index in [2.05, 4.69) is 15.0 Å². The van der Waals surface area contributed by atoms with E-state index in [1.165, 1.54) is 0 Å². The predicted molar refractivity (Wildman–Crippen MR) is 108 cm³/mol. The van der Waals surface area contributed by atoms with Crippen LogP contribution in [0.25, 0.3) is 11.0 Å². The molecule has 2 aromatic heterocycles. The van der Waals surface area contributed by atoms with Crippen molar-refractivity contribution in [3.05, 3.63) is 47.8 Å². The Labute approximate surface area is 183 Å². The average Bonchev–Trinajstić information content (AvgIpc) is 3.06. The first kappa shape index (κ1) is 23.9. The molecule has 0 fully saturated rings. The summed E-state index contributed by atoms with van der Waals surface area (Å²) in [5.41, 5.74) is 3.35. The minimum absolute atomic E-state index is 0. The van der Waals surface area contributed by atoms with Crippen molar-refractivity contribution in [2.45, 2.75) is 24.3 Å². The number of aromatic amines is 1. The fraction of sp³-hybridized carbons (Fsp3) is 0.333. The van der Waals surface area contributed by atoms with Crippen LogP contribution in [0.15, 0.2) is 41.7 Å². The molecule has 0 aliphatic carbocycles. The van der Waals surface area contributed by atoms with E-state index in [4.69, 9.17) is 9.47 Å². The zero-order chi connectivity index (χ0) is 17.6. The molecule has 0 aliphatic rings. The predicted octanol–water partition coefficient (Wildman–Crippen LogP) is 1.52. The normalized spacial score (nSPS) is 11.5. The number of nitrogens with zero attached hydrogens (tertiary/aromatic N) is 2. The van der Waals surface area contributed by atoms with Crippen LogP contribution in [-0.2, 0) is 21.7 Å². The molecule has 27 heavy (non-hydrogen) atoms. The van der Waals surface area contributed by atoms with Crippen LogP contribution in [0, 0.1) is 6.92 Å². The Kier molecular flexibility index (Phi) is 10.3. The Morgan fingerprint density at radius 1 is 1.19 bits per heavy atom. The summed E-state index contributed by atoms with van der Waals surface area (Å²) in [5.74, 6) is 1.06. The zero-order valence-corrected chi connectivity index (χ0v) is 15.6. The van der Waals surface area contributed by atoms with E-state index in [9.17, 15) is 4.55 Å². The number of hydrogen-bond donors (Lipinski definition) is 1. The molecule has 142 valence electrons. The SMILES string of the molecule is COCCCOc1ccnc(C[S+]([O-])c2nc3ccccc3[nH]2)c1C.O.[NaH]. The van der Waals surface area contributed by atoms with Gasteiger partial charge in [0.2, 0.25) is 0 Å². The molecule has 1 aromatic carbocycles. The third-order valence-electron chi connectivity index (χ3n) is 3.86. The van der Waals surface area contributed by atoms with Gasteiger partial charge < -0.3 is 19.5 Å². The van der Waals surface area contributed by atoms with Gasteiger partial charge >= 0.3 is 34.7 Å². The average molecular weight is 401 g/mol. The third kappa shape index (κ3) is 6.18.